The molecule has 2 heteroatoms. The van der Waals surface area contributed by atoms with Gasteiger partial charge in [0.2, 0.25) is 0 Å². The van der Waals surface area contributed by atoms with Gasteiger partial charge in [-0.15, -0.1) is 0 Å². The predicted molar refractivity (Wildman–Crippen MR) is 67.7 cm³/mol. The average Bonchev–Trinajstić information content (AvgIpc) is 2.28. The van der Waals surface area contributed by atoms with Crippen LogP contribution in [0.15, 0.2) is 41.3 Å². The van der Waals surface area contributed by atoms with Crippen LogP contribution in [0.25, 0.3) is 10.8 Å². The summed E-state index contributed by atoms with van der Waals surface area (Å²) in [6.45, 7) is 5.15. The molecule has 0 atom stereocenters. The van der Waals surface area contributed by atoms with Crippen LogP contribution in [0.1, 0.15) is 20.3 Å². The van der Waals surface area contributed by atoms with Gasteiger partial charge in [0.15, 0.2) is 0 Å². The van der Waals surface area contributed by atoms with Crippen molar-refractivity contribution in [3.63, 3.8) is 0 Å². The Balaban J connectivity index is 2.41. The van der Waals surface area contributed by atoms with Crippen LogP contribution < -0.4 is 5.56 Å². The second-order valence-electron chi connectivity index (χ2n) is 4.58. The number of fused-ring (bicyclic) bond motifs is 1. The lowest BCUT2D eigenvalue weighted by Crippen LogP contribution is -2.20. The van der Waals surface area contributed by atoms with Gasteiger partial charge in [0.25, 0.3) is 5.56 Å². The van der Waals surface area contributed by atoms with E-state index in [1.54, 1.807) is 0 Å². The van der Waals surface area contributed by atoms with Crippen molar-refractivity contribution in [2.45, 2.75) is 26.8 Å². The first-order valence-corrected chi connectivity index (χ1v) is 5.76. The SMILES string of the molecule is CC(C)CCn1ccc2ccccc2c1=O. The molecule has 0 amide bonds. The Morgan fingerprint density at radius 2 is 1.94 bits per heavy atom. The molecule has 16 heavy (non-hydrogen) atoms. The van der Waals surface area contributed by atoms with Gasteiger partial charge in [-0.3, -0.25) is 4.79 Å². The number of aromatic nitrogens is 1. The number of pyridine rings is 1. The first-order valence-electron chi connectivity index (χ1n) is 5.76. The van der Waals surface area contributed by atoms with E-state index in [-0.39, 0.29) is 5.56 Å². The van der Waals surface area contributed by atoms with Gasteiger partial charge in [-0.05, 0) is 29.9 Å². The molecule has 84 valence electrons. The van der Waals surface area contributed by atoms with Crippen molar-refractivity contribution in [3.8, 4) is 0 Å². The van der Waals surface area contributed by atoms with Gasteiger partial charge in [0.05, 0.1) is 0 Å². The first-order chi connectivity index (χ1) is 7.68. The third-order valence-electron chi connectivity index (χ3n) is 2.83. The minimum absolute atomic E-state index is 0.124. The minimum atomic E-state index is 0.124. The van der Waals surface area contributed by atoms with E-state index in [1.807, 2.05) is 41.1 Å². The van der Waals surface area contributed by atoms with E-state index in [1.165, 1.54) is 0 Å². The Kier molecular flexibility index (Phi) is 3.09. The summed E-state index contributed by atoms with van der Waals surface area (Å²) in [5.74, 6) is 0.623. The normalized spacial score (nSPS) is 11.2. The fourth-order valence-electron chi connectivity index (χ4n) is 1.80. The minimum Gasteiger partial charge on any atom is -0.315 e. The van der Waals surface area contributed by atoms with E-state index in [0.717, 1.165) is 23.7 Å². The van der Waals surface area contributed by atoms with Crippen molar-refractivity contribution >= 4 is 10.8 Å². The third-order valence-corrected chi connectivity index (χ3v) is 2.83. The van der Waals surface area contributed by atoms with E-state index in [9.17, 15) is 4.79 Å². The molecule has 2 nitrogen and oxygen atoms in total. The predicted octanol–water partition coefficient (Wildman–Crippen LogP) is 3.05. The summed E-state index contributed by atoms with van der Waals surface area (Å²) in [5, 5.41) is 1.84. The van der Waals surface area contributed by atoms with E-state index >= 15 is 0 Å². The van der Waals surface area contributed by atoms with Crippen LogP contribution in [-0.2, 0) is 6.54 Å². The maximum atomic E-state index is 12.1. The van der Waals surface area contributed by atoms with Crippen molar-refractivity contribution in [1.82, 2.24) is 4.57 Å². The molecule has 1 aromatic heterocycles. The third kappa shape index (κ3) is 2.16. The van der Waals surface area contributed by atoms with Crippen LogP contribution in [0, 0.1) is 5.92 Å². The molecule has 0 bridgehead atoms. The lowest BCUT2D eigenvalue weighted by atomic mass is 10.1. The number of hydrogen-bond acceptors (Lipinski definition) is 1. The van der Waals surface area contributed by atoms with E-state index in [4.69, 9.17) is 0 Å². The molecule has 1 aromatic carbocycles. The van der Waals surface area contributed by atoms with Gasteiger partial charge in [-0.25, -0.2) is 0 Å². The molecule has 0 N–H and O–H groups in total. The smallest absolute Gasteiger partial charge is 0.258 e. The lowest BCUT2D eigenvalue weighted by molar-refractivity contribution is 0.509. The van der Waals surface area contributed by atoms with Crippen molar-refractivity contribution in [3.05, 3.63) is 46.9 Å². The Bertz CT molecular complexity index is 540. The highest BCUT2D eigenvalue weighted by Gasteiger charge is 2.02. The highest BCUT2D eigenvalue weighted by molar-refractivity contribution is 5.81. The summed E-state index contributed by atoms with van der Waals surface area (Å²) in [6, 6.07) is 9.75. The van der Waals surface area contributed by atoms with Crippen LogP contribution in [0.2, 0.25) is 0 Å². The standard InChI is InChI=1S/C14H17NO/c1-11(2)7-9-15-10-8-12-5-3-4-6-13(12)14(15)16/h3-6,8,10-11H,7,9H2,1-2H3. The Morgan fingerprint density at radius 3 is 2.69 bits per heavy atom. The summed E-state index contributed by atoms with van der Waals surface area (Å²) in [6.07, 6.45) is 2.94. The topological polar surface area (TPSA) is 22.0 Å². The van der Waals surface area contributed by atoms with E-state index in [0.29, 0.717) is 5.92 Å². The van der Waals surface area contributed by atoms with Gasteiger partial charge in [0.1, 0.15) is 0 Å². The van der Waals surface area contributed by atoms with Gasteiger partial charge >= 0.3 is 0 Å². The number of nitrogens with zero attached hydrogens (tertiary/aromatic N) is 1. The molecule has 0 aliphatic rings. The monoisotopic (exact) mass is 215 g/mol. The summed E-state index contributed by atoms with van der Waals surface area (Å²) in [5.41, 5.74) is 0.124. The summed E-state index contributed by atoms with van der Waals surface area (Å²) in [4.78, 5) is 12.1. The summed E-state index contributed by atoms with van der Waals surface area (Å²) in [7, 11) is 0. The first kappa shape index (κ1) is 10.9. The molecule has 0 fully saturated rings. The molecular weight excluding hydrogens is 198 g/mol. The number of aryl methyl sites for hydroxylation is 1. The van der Waals surface area contributed by atoms with Crippen LogP contribution >= 0.6 is 0 Å². The van der Waals surface area contributed by atoms with Crippen LogP contribution in [-0.4, -0.2) is 4.57 Å². The molecule has 0 saturated carbocycles. The molecule has 0 spiro atoms. The van der Waals surface area contributed by atoms with Crippen molar-refractivity contribution in [2.75, 3.05) is 0 Å². The van der Waals surface area contributed by atoms with Crippen molar-refractivity contribution < 1.29 is 0 Å². The number of rotatable bonds is 3. The Labute approximate surface area is 95.5 Å². The van der Waals surface area contributed by atoms with Crippen molar-refractivity contribution in [2.24, 2.45) is 5.92 Å². The zero-order valence-electron chi connectivity index (χ0n) is 9.81. The van der Waals surface area contributed by atoms with Crippen molar-refractivity contribution in [1.29, 1.82) is 0 Å². The van der Waals surface area contributed by atoms with E-state index in [2.05, 4.69) is 13.8 Å². The zero-order chi connectivity index (χ0) is 11.5. The lowest BCUT2D eigenvalue weighted by Gasteiger charge is -2.08. The molecular formula is C14H17NO. The molecule has 1 heterocycles. The highest BCUT2D eigenvalue weighted by Crippen LogP contribution is 2.09. The maximum Gasteiger partial charge on any atom is 0.258 e. The molecule has 0 aliphatic heterocycles. The van der Waals surface area contributed by atoms with Crippen LogP contribution in [0.5, 0.6) is 0 Å². The van der Waals surface area contributed by atoms with Crippen LogP contribution in [0.4, 0.5) is 0 Å². The average molecular weight is 215 g/mol. The highest BCUT2D eigenvalue weighted by atomic mass is 16.1. The Hall–Kier alpha value is -1.57. The number of hydrogen-bond donors (Lipinski definition) is 0. The number of benzene rings is 1. The second-order valence-corrected chi connectivity index (χ2v) is 4.58. The van der Waals surface area contributed by atoms with E-state index < -0.39 is 0 Å². The molecule has 0 saturated heterocycles. The maximum absolute atomic E-state index is 12.1. The molecule has 2 rings (SSSR count). The molecule has 0 aliphatic carbocycles. The molecule has 2 aromatic rings. The molecule has 0 radical (unpaired) electrons. The van der Waals surface area contributed by atoms with Gasteiger partial charge in [0, 0.05) is 18.1 Å². The summed E-state index contributed by atoms with van der Waals surface area (Å²) < 4.78 is 1.81. The second kappa shape index (κ2) is 4.52. The molecule has 0 unspecified atom stereocenters. The van der Waals surface area contributed by atoms with Gasteiger partial charge < -0.3 is 4.57 Å². The Morgan fingerprint density at radius 1 is 1.19 bits per heavy atom. The quantitative estimate of drug-likeness (QED) is 0.771. The fraction of sp³-hybridized carbons (Fsp3) is 0.357. The van der Waals surface area contributed by atoms with Gasteiger partial charge in [-0.1, -0.05) is 32.0 Å². The largest absolute Gasteiger partial charge is 0.315 e. The zero-order valence-corrected chi connectivity index (χ0v) is 9.81. The van der Waals surface area contributed by atoms with Gasteiger partial charge in [-0.2, -0.15) is 0 Å². The summed E-state index contributed by atoms with van der Waals surface area (Å²) >= 11 is 0. The van der Waals surface area contributed by atoms with Crippen LogP contribution in [0.3, 0.4) is 0 Å². The fourth-order valence-corrected chi connectivity index (χ4v) is 1.80.